The van der Waals surface area contributed by atoms with Crippen LogP contribution >= 0.6 is 10.7 Å². The smallest absolute Gasteiger partial charge is 0.261 e. The van der Waals surface area contributed by atoms with Crippen LogP contribution in [0.3, 0.4) is 0 Å². The van der Waals surface area contributed by atoms with Crippen LogP contribution in [0.15, 0.2) is 11.0 Å². The van der Waals surface area contributed by atoms with Gasteiger partial charge in [0.25, 0.3) is 9.05 Å². The normalized spacial score (nSPS) is 11.6. The van der Waals surface area contributed by atoms with Crippen molar-refractivity contribution in [1.29, 1.82) is 0 Å². The topological polar surface area (TPSA) is 43.4 Å². The molecule has 0 atom stereocenters. The number of hydrogen-bond acceptors (Lipinski definition) is 3. The summed E-state index contributed by atoms with van der Waals surface area (Å²) in [4.78, 5) is 0.0711. The Bertz CT molecular complexity index is 526. The molecule has 6 heteroatoms. The third kappa shape index (κ3) is 3.10. The molecule has 17 heavy (non-hydrogen) atoms. The Balaban J connectivity index is 3.37. The van der Waals surface area contributed by atoms with Crippen molar-refractivity contribution in [2.24, 2.45) is 0 Å². The van der Waals surface area contributed by atoms with E-state index in [9.17, 15) is 12.8 Å². The number of aryl methyl sites for hydroxylation is 1. The maximum absolute atomic E-state index is 12.1. The number of hydrogen-bond donors (Lipinski definition) is 0. The van der Waals surface area contributed by atoms with Gasteiger partial charge in [-0.1, -0.05) is 0 Å². The van der Waals surface area contributed by atoms with Gasteiger partial charge in [-0.25, -0.2) is 12.8 Å². The minimum absolute atomic E-state index is 0.0475. The third-order valence-electron chi connectivity index (χ3n) is 2.56. The van der Waals surface area contributed by atoms with Gasteiger partial charge in [-0.05, 0) is 43.5 Å². The molecule has 0 fully saturated rings. The molecule has 0 radical (unpaired) electrons. The maximum atomic E-state index is 12.1. The molecule has 0 aliphatic rings. The average Bonchev–Trinajstić information content (AvgIpc) is 2.22. The molecular weight excluding hydrogens is 267 g/mol. The molecule has 0 amide bonds. The molecular formula is C11H14ClFO3S. The molecule has 0 N–H and O–H groups in total. The van der Waals surface area contributed by atoms with Crippen molar-refractivity contribution in [3.8, 4) is 5.75 Å². The third-order valence-corrected chi connectivity index (χ3v) is 4.01. The zero-order valence-corrected chi connectivity index (χ0v) is 11.5. The van der Waals surface area contributed by atoms with Crippen molar-refractivity contribution in [3.05, 3.63) is 22.8 Å². The summed E-state index contributed by atoms with van der Waals surface area (Å²) in [5.74, 6) is 0.518. The van der Waals surface area contributed by atoms with Gasteiger partial charge in [0.15, 0.2) is 0 Å². The lowest BCUT2D eigenvalue weighted by molar-refractivity contribution is 0.270. The first-order valence-corrected chi connectivity index (χ1v) is 7.34. The lowest BCUT2D eigenvalue weighted by Crippen LogP contribution is -2.06. The van der Waals surface area contributed by atoms with Crippen molar-refractivity contribution < 1.29 is 17.5 Å². The monoisotopic (exact) mass is 280 g/mol. The first-order chi connectivity index (χ1) is 7.79. The van der Waals surface area contributed by atoms with E-state index < -0.39 is 15.7 Å². The van der Waals surface area contributed by atoms with E-state index in [2.05, 4.69) is 0 Å². The fraction of sp³-hybridized carbons (Fsp3) is 0.455. The summed E-state index contributed by atoms with van der Waals surface area (Å²) in [7, 11) is 1.56. The van der Waals surface area contributed by atoms with Crippen LogP contribution in [-0.4, -0.2) is 21.7 Å². The van der Waals surface area contributed by atoms with Gasteiger partial charge >= 0.3 is 0 Å². The van der Waals surface area contributed by atoms with Crippen LogP contribution in [0.1, 0.15) is 16.7 Å². The van der Waals surface area contributed by atoms with E-state index in [4.69, 9.17) is 15.4 Å². The van der Waals surface area contributed by atoms with Gasteiger partial charge in [-0.15, -0.1) is 0 Å². The van der Waals surface area contributed by atoms with E-state index in [1.807, 2.05) is 0 Å². The summed E-state index contributed by atoms with van der Waals surface area (Å²) in [6.07, 6.45) is 0. The van der Waals surface area contributed by atoms with Gasteiger partial charge in [-0.3, -0.25) is 0 Å². The molecule has 0 heterocycles. The molecule has 1 aromatic rings. The first kappa shape index (κ1) is 14.3. The molecule has 0 bridgehead atoms. The molecule has 0 aliphatic carbocycles. The first-order valence-electron chi connectivity index (χ1n) is 5.03. The minimum Gasteiger partial charge on any atom is -0.490 e. The van der Waals surface area contributed by atoms with Crippen LogP contribution in [-0.2, 0) is 9.05 Å². The Morgan fingerprint density at radius 1 is 1.29 bits per heavy atom. The molecule has 1 aromatic carbocycles. The average molecular weight is 281 g/mol. The van der Waals surface area contributed by atoms with E-state index >= 15 is 0 Å². The molecule has 0 saturated carbocycles. The van der Waals surface area contributed by atoms with Gasteiger partial charge < -0.3 is 4.74 Å². The molecule has 3 nitrogen and oxygen atoms in total. The largest absolute Gasteiger partial charge is 0.490 e. The van der Waals surface area contributed by atoms with E-state index in [1.165, 1.54) is 6.07 Å². The zero-order valence-electron chi connectivity index (χ0n) is 9.88. The van der Waals surface area contributed by atoms with E-state index in [0.717, 1.165) is 0 Å². The number of benzene rings is 1. The van der Waals surface area contributed by atoms with Crippen LogP contribution < -0.4 is 4.74 Å². The molecule has 1 rings (SSSR count). The lowest BCUT2D eigenvalue weighted by atomic mass is 10.1. The Morgan fingerprint density at radius 3 is 2.35 bits per heavy atom. The predicted molar refractivity (Wildman–Crippen MR) is 65.2 cm³/mol. The van der Waals surface area contributed by atoms with E-state index in [1.54, 1.807) is 20.8 Å². The molecule has 0 aromatic heterocycles. The number of alkyl halides is 1. The van der Waals surface area contributed by atoms with Crippen molar-refractivity contribution >= 4 is 19.7 Å². The van der Waals surface area contributed by atoms with Crippen LogP contribution in [0.4, 0.5) is 4.39 Å². The fourth-order valence-corrected chi connectivity index (χ4v) is 2.95. The second-order valence-corrected chi connectivity index (χ2v) is 6.28. The van der Waals surface area contributed by atoms with Gasteiger partial charge in [0, 0.05) is 10.7 Å². The molecule has 0 spiro atoms. The van der Waals surface area contributed by atoms with Gasteiger partial charge in [0.1, 0.15) is 19.0 Å². The van der Waals surface area contributed by atoms with E-state index in [0.29, 0.717) is 22.4 Å². The van der Waals surface area contributed by atoms with Gasteiger partial charge in [0.05, 0.1) is 4.90 Å². The van der Waals surface area contributed by atoms with Crippen LogP contribution in [0.25, 0.3) is 0 Å². The van der Waals surface area contributed by atoms with Crippen molar-refractivity contribution in [1.82, 2.24) is 0 Å². The Labute approximate surface area is 105 Å². The highest BCUT2D eigenvalue weighted by Gasteiger charge is 2.19. The summed E-state index contributed by atoms with van der Waals surface area (Å²) >= 11 is 0. The summed E-state index contributed by atoms with van der Waals surface area (Å²) < 4.78 is 40.0. The quantitative estimate of drug-likeness (QED) is 0.797. The number of rotatable bonds is 4. The second-order valence-electron chi connectivity index (χ2n) is 3.75. The Kier molecular flexibility index (Phi) is 4.38. The van der Waals surface area contributed by atoms with E-state index in [-0.39, 0.29) is 11.5 Å². The SMILES string of the molecule is Cc1cc(S(=O)(=O)Cl)c(C)c(C)c1OCCF. The van der Waals surface area contributed by atoms with Crippen LogP contribution in [0.2, 0.25) is 0 Å². The lowest BCUT2D eigenvalue weighted by Gasteiger charge is -2.15. The molecule has 96 valence electrons. The van der Waals surface area contributed by atoms with Gasteiger partial charge in [0.2, 0.25) is 0 Å². The minimum atomic E-state index is -3.77. The van der Waals surface area contributed by atoms with Crippen LogP contribution in [0.5, 0.6) is 5.75 Å². The molecule has 0 saturated heterocycles. The Hall–Kier alpha value is -0.810. The zero-order chi connectivity index (χ0) is 13.2. The van der Waals surface area contributed by atoms with Crippen molar-refractivity contribution in [2.45, 2.75) is 25.7 Å². The highest BCUT2D eigenvalue weighted by atomic mass is 35.7. The van der Waals surface area contributed by atoms with Crippen molar-refractivity contribution in [2.75, 3.05) is 13.3 Å². The van der Waals surface area contributed by atoms with Crippen LogP contribution in [0, 0.1) is 20.8 Å². The predicted octanol–water partition coefficient (Wildman–Crippen LogP) is 2.89. The Morgan fingerprint density at radius 2 is 1.88 bits per heavy atom. The molecule has 0 aliphatic heterocycles. The number of halogens is 2. The van der Waals surface area contributed by atoms with Crippen molar-refractivity contribution in [3.63, 3.8) is 0 Å². The molecule has 0 unspecified atom stereocenters. The fourth-order valence-electron chi connectivity index (χ4n) is 1.64. The standard InChI is InChI=1S/C11H14ClFO3S/c1-7-6-10(17(12,14)15)8(2)9(3)11(7)16-5-4-13/h6H,4-5H2,1-3H3. The summed E-state index contributed by atoms with van der Waals surface area (Å²) in [5, 5.41) is 0. The number of ether oxygens (including phenoxy) is 1. The summed E-state index contributed by atoms with van der Waals surface area (Å²) in [6.45, 7) is 4.43. The summed E-state index contributed by atoms with van der Waals surface area (Å²) in [6, 6.07) is 1.44. The summed E-state index contributed by atoms with van der Waals surface area (Å²) in [5.41, 5.74) is 1.82. The highest BCUT2D eigenvalue weighted by Crippen LogP contribution is 2.32. The van der Waals surface area contributed by atoms with Gasteiger partial charge in [-0.2, -0.15) is 0 Å². The second kappa shape index (κ2) is 5.23. The maximum Gasteiger partial charge on any atom is 0.261 e. The highest BCUT2D eigenvalue weighted by molar-refractivity contribution is 8.13.